The van der Waals surface area contributed by atoms with Crippen LogP contribution in [0.15, 0.2) is 66.9 Å². The molecule has 0 fully saturated rings. The summed E-state index contributed by atoms with van der Waals surface area (Å²) in [5, 5.41) is 0.619. The molecule has 5 nitrogen and oxygen atoms in total. The van der Waals surface area contributed by atoms with E-state index in [-0.39, 0.29) is 41.8 Å². The molecule has 2 atom stereocenters. The minimum atomic E-state index is -0.361. The fourth-order valence-electron chi connectivity index (χ4n) is 5.57. The van der Waals surface area contributed by atoms with Gasteiger partial charge in [0, 0.05) is 23.7 Å². The highest BCUT2D eigenvalue weighted by Crippen LogP contribution is 2.42. The normalized spacial score (nSPS) is 15.8. The quantitative estimate of drug-likeness (QED) is 0.329. The number of carbonyl (C=O) groups excluding carboxylic acids is 2. The van der Waals surface area contributed by atoms with Crippen LogP contribution in [0.3, 0.4) is 0 Å². The first kappa shape index (κ1) is 27.0. The standard InChI is InChI=1S/C31H38ClN3O2/c1-21(2)34(28(36)17-22(3)19-31(4,5)6)20-29(37)35-26-14-8-7-13-25(26)33-16-10-15-27(33)30(35)23-11-9-12-24(32)18-23/h7-16,18,21-22,30H,17,19-20H2,1-6H3. The van der Waals surface area contributed by atoms with Crippen LogP contribution in [-0.4, -0.2) is 33.9 Å². The molecule has 37 heavy (non-hydrogen) atoms. The van der Waals surface area contributed by atoms with Crippen molar-refractivity contribution in [3.8, 4) is 5.69 Å². The summed E-state index contributed by atoms with van der Waals surface area (Å²) in [6, 6.07) is 19.2. The molecule has 1 aliphatic heterocycles. The van der Waals surface area contributed by atoms with Crippen molar-refractivity contribution in [3.63, 3.8) is 0 Å². The summed E-state index contributed by atoms with van der Waals surface area (Å²) in [6.45, 7) is 12.7. The van der Waals surface area contributed by atoms with Gasteiger partial charge in [-0.05, 0) is 73.6 Å². The summed E-state index contributed by atoms with van der Waals surface area (Å²) < 4.78 is 2.13. The van der Waals surface area contributed by atoms with E-state index in [1.807, 2.05) is 85.6 Å². The maximum atomic E-state index is 14.2. The van der Waals surface area contributed by atoms with Crippen molar-refractivity contribution in [1.82, 2.24) is 9.47 Å². The van der Waals surface area contributed by atoms with Crippen LogP contribution in [0.25, 0.3) is 5.69 Å². The van der Waals surface area contributed by atoms with Crippen molar-refractivity contribution >= 4 is 29.1 Å². The number of amides is 2. The van der Waals surface area contributed by atoms with Crippen LogP contribution in [0, 0.1) is 11.3 Å². The van der Waals surface area contributed by atoms with Crippen molar-refractivity contribution < 1.29 is 9.59 Å². The SMILES string of the molecule is CC(CC(=O)N(CC(=O)N1c2ccccc2-n2cccc2C1c1cccc(Cl)c1)C(C)C)CC(C)(C)C. The van der Waals surface area contributed by atoms with Crippen LogP contribution < -0.4 is 4.90 Å². The van der Waals surface area contributed by atoms with Crippen LogP contribution in [-0.2, 0) is 9.59 Å². The predicted octanol–water partition coefficient (Wildman–Crippen LogP) is 7.27. The van der Waals surface area contributed by atoms with Crippen LogP contribution in [0.2, 0.25) is 5.02 Å². The zero-order valence-electron chi connectivity index (χ0n) is 22.7. The van der Waals surface area contributed by atoms with E-state index < -0.39 is 0 Å². The van der Waals surface area contributed by atoms with Crippen molar-refractivity contribution in [2.45, 2.75) is 66.5 Å². The molecule has 6 heteroatoms. The molecule has 0 saturated heterocycles. The summed E-state index contributed by atoms with van der Waals surface area (Å²) in [7, 11) is 0. The summed E-state index contributed by atoms with van der Waals surface area (Å²) in [6.07, 6.45) is 3.40. The summed E-state index contributed by atoms with van der Waals surface area (Å²) in [4.78, 5) is 31.2. The van der Waals surface area contributed by atoms with Gasteiger partial charge in [-0.15, -0.1) is 0 Å². The van der Waals surface area contributed by atoms with Gasteiger partial charge >= 0.3 is 0 Å². The number of benzene rings is 2. The molecule has 1 aromatic heterocycles. The molecule has 2 unspecified atom stereocenters. The van der Waals surface area contributed by atoms with Gasteiger partial charge in [-0.25, -0.2) is 0 Å². The Morgan fingerprint density at radius 3 is 2.32 bits per heavy atom. The van der Waals surface area contributed by atoms with Gasteiger partial charge in [-0.1, -0.05) is 63.6 Å². The maximum Gasteiger partial charge on any atom is 0.247 e. The molecule has 1 aliphatic rings. The van der Waals surface area contributed by atoms with Crippen molar-refractivity contribution in [1.29, 1.82) is 0 Å². The number of halogens is 1. The van der Waals surface area contributed by atoms with Gasteiger partial charge in [0.05, 0.1) is 17.1 Å². The average molecular weight is 520 g/mol. The van der Waals surface area contributed by atoms with Gasteiger partial charge in [0.25, 0.3) is 0 Å². The Labute approximate surface area is 226 Å². The minimum absolute atomic E-state index is 0.0187. The first-order valence-corrected chi connectivity index (χ1v) is 13.5. The van der Waals surface area contributed by atoms with E-state index in [1.54, 1.807) is 4.90 Å². The topological polar surface area (TPSA) is 45.6 Å². The summed E-state index contributed by atoms with van der Waals surface area (Å²) in [5.41, 5.74) is 3.82. The van der Waals surface area contributed by atoms with E-state index in [0.717, 1.165) is 29.1 Å². The van der Waals surface area contributed by atoms with Gasteiger partial charge in [0.15, 0.2) is 0 Å². The number of para-hydroxylation sites is 2. The predicted molar refractivity (Wildman–Crippen MR) is 151 cm³/mol. The number of carbonyl (C=O) groups is 2. The highest BCUT2D eigenvalue weighted by atomic mass is 35.5. The molecule has 0 aliphatic carbocycles. The largest absolute Gasteiger partial charge is 0.331 e. The van der Waals surface area contributed by atoms with Crippen molar-refractivity contribution in [2.24, 2.45) is 11.3 Å². The molecule has 0 N–H and O–H groups in total. The summed E-state index contributed by atoms with van der Waals surface area (Å²) >= 11 is 6.39. The second-order valence-corrected chi connectivity index (χ2v) is 12.1. The number of hydrogen-bond acceptors (Lipinski definition) is 2. The molecule has 4 rings (SSSR count). The summed E-state index contributed by atoms with van der Waals surface area (Å²) in [5.74, 6) is 0.144. The van der Waals surface area contributed by atoms with Crippen LogP contribution in [0.1, 0.15) is 71.7 Å². The molecule has 2 amide bonds. The van der Waals surface area contributed by atoms with Crippen molar-refractivity contribution in [3.05, 3.63) is 83.1 Å². The van der Waals surface area contributed by atoms with Gasteiger partial charge in [0.1, 0.15) is 12.6 Å². The zero-order chi connectivity index (χ0) is 26.9. The molecular formula is C31H38ClN3O2. The number of aromatic nitrogens is 1. The number of anilines is 1. The Balaban J connectivity index is 1.69. The van der Waals surface area contributed by atoms with E-state index in [2.05, 4.69) is 32.3 Å². The number of nitrogens with zero attached hydrogens (tertiary/aromatic N) is 3. The van der Waals surface area contributed by atoms with Crippen molar-refractivity contribution in [2.75, 3.05) is 11.4 Å². The Bertz CT molecular complexity index is 1270. The van der Waals surface area contributed by atoms with E-state index in [0.29, 0.717) is 11.4 Å². The number of fused-ring (bicyclic) bond motifs is 3. The fourth-order valence-corrected chi connectivity index (χ4v) is 5.77. The average Bonchev–Trinajstić information content (AvgIpc) is 3.29. The Kier molecular flexibility index (Phi) is 7.84. The van der Waals surface area contributed by atoms with E-state index in [1.165, 1.54) is 0 Å². The maximum absolute atomic E-state index is 14.2. The Morgan fingerprint density at radius 2 is 1.68 bits per heavy atom. The lowest BCUT2D eigenvalue weighted by molar-refractivity contribution is -0.138. The first-order chi connectivity index (χ1) is 17.5. The minimum Gasteiger partial charge on any atom is -0.331 e. The smallest absolute Gasteiger partial charge is 0.247 e. The second-order valence-electron chi connectivity index (χ2n) is 11.7. The molecular weight excluding hydrogens is 482 g/mol. The molecule has 0 spiro atoms. The highest BCUT2D eigenvalue weighted by Gasteiger charge is 2.37. The van der Waals surface area contributed by atoms with E-state index in [9.17, 15) is 9.59 Å². The Hall–Kier alpha value is -3.05. The first-order valence-electron chi connectivity index (χ1n) is 13.1. The third kappa shape index (κ3) is 5.93. The monoisotopic (exact) mass is 519 g/mol. The number of rotatable bonds is 7. The molecule has 3 aromatic rings. The lowest BCUT2D eigenvalue weighted by atomic mass is 9.84. The lowest BCUT2D eigenvalue weighted by Gasteiger charge is -2.40. The van der Waals surface area contributed by atoms with Gasteiger partial charge < -0.3 is 9.47 Å². The third-order valence-electron chi connectivity index (χ3n) is 6.89. The van der Waals surface area contributed by atoms with Crippen LogP contribution in [0.5, 0.6) is 0 Å². The van der Waals surface area contributed by atoms with Gasteiger partial charge in [0.2, 0.25) is 11.8 Å². The molecule has 0 radical (unpaired) electrons. The second kappa shape index (κ2) is 10.7. The molecule has 0 bridgehead atoms. The van der Waals surface area contributed by atoms with E-state index >= 15 is 0 Å². The van der Waals surface area contributed by atoms with Crippen LogP contribution in [0.4, 0.5) is 5.69 Å². The highest BCUT2D eigenvalue weighted by molar-refractivity contribution is 6.30. The molecule has 2 heterocycles. The number of hydrogen-bond donors (Lipinski definition) is 0. The van der Waals surface area contributed by atoms with Gasteiger partial charge in [-0.3, -0.25) is 14.5 Å². The molecule has 2 aromatic carbocycles. The zero-order valence-corrected chi connectivity index (χ0v) is 23.5. The van der Waals surface area contributed by atoms with Gasteiger partial charge in [-0.2, -0.15) is 0 Å². The Morgan fingerprint density at radius 1 is 0.973 bits per heavy atom. The molecule has 196 valence electrons. The third-order valence-corrected chi connectivity index (χ3v) is 7.12. The van der Waals surface area contributed by atoms with Crippen LogP contribution >= 0.6 is 11.6 Å². The lowest BCUT2D eigenvalue weighted by Crippen LogP contribution is -2.49. The van der Waals surface area contributed by atoms with E-state index in [4.69, 9.17) is 11.6 Å². The fraction of sp³-hybridized carbons (Fsp3) is 0.419. The molecule has 0 saturated carbocycles.